The van der Waals surface area contributed by atoms with E-state index >= 15 is 0 Å². The Kier molecular flexibility index (Phi) is 4.36. The van der Waals surface area contributed by atoms with E-state index in [0.717, 1.165) is 26.5 Å². The van der Waals surface area contributed by atoms with E-state index in [0.29, 0.717) is 29.8 Å². The SMILES string of the molecule is CCn1c(=O)c2c(Cn3cc(Br)cn3)c(-c3ccccc3)oc2c2ccccc21. The monoisotopic (exact) mass is 447 g/mol. The first kappa shape index (κ1) is 17.9. The van der Waals surface area contributed by atoms with Gasteiger partial charge >= 0.3 is 0 Å². The smallest absolute Gasteiger partial charge is 0.262 e. The minimum atomic E-state index is -0.0339. The van der Waals surface area contributed by atoms with Crippen molar-refractivity contribution in [3.8, 4) is 11.3 Å². The third kappa shape index (κ3) is 2.91. The number of furan rings is 1. The summed E-state index contributed by atoms with van der Waals surface area (Å²) >= 11 is 3.45. The molecule has 3 aromatic heterocycles. The van der Waals surface area contributed by atoms with E-state index in [1.165, 1.54) is 0 Å². The largest absolute Gasteiger partial charge is 0.455 e. The number of rotatable bonds is 4. The molecule has 0 aliphatic carbocycles. The molecular weight excluding hydrogens is 430 g/mol. The summed E-state index contributed by atoms with van der Waals surface area (Å²) in [6, 6.07) is 17.8. The van der Waals surface area contributed by atoms with E-state index in [1.807, 2.05) is 77.0 Å². The predicted octanol–water partition coefficient (Wildman–Crippen LogP) is 5.44. The van der Waals surface area contributed by atoms with Gasteiger partial charge in [0.15, 0.2) is 0 Å². The van der Waals surface area contributed by atoms with E-state index in [4.69, 9.17) is 4.42 Å². The average molecular weight is 448 g/mol. The quantitative estimate of drug-likeness (QED) is 0.368. The van der Waals surface area contributed by atoms with Gasteiger partial charge in [-0.15, -0.1) is 0 Å². The van der Waals surface area contributed by atoms with Crippen LogP contribution in [0.3, 0.4) is 0 Å². The minimum absolute atomic E-state index is 0.0339. The van der Waals surface area contributed by atoms with Crippen molar-refractivity contribution < 1.29 is 4.42 Å². The number of nitrogens with zero attached hydrogens (tertiary/aromatic N) is 3. The molecule has 5 nitrogen and oxygen atoms in total. The van der Waals surface area contributed by atoms with Crippen molar-refractivity contribution in [3.05, 3.63) is 87.4 Å². The first-order valence-corrected chi connectivity index (χ1v) is 10.3. The molecule has 0 unspecified atom stereocenters. The molecule has 0 aliphatic rings. The number of hydrogen-bond acceptors (Lipinski definition) is 3. The Morgan fingerprint density at radius 3 is 2.55 bits per heavy atom. The molecule has 5 aromatic rings. The van der Waals surface area contributed by atoms with Gasteiger partial charge in [-0.1, -0.05) is 42.5 Å². The second kappa shape index (κ2) is 7.04. The molecule has 0 fully saturated rings. The van der Waals surface area contributed by atoms with Crippen molar-refractivity contribution in [3.63, 3.8) is 0 Å². The summed E-state index contributed by atoms with van der Waals surface area (Å²) < 4.78 is 10.9. The van der Waals surface area contributed by atoms with Crippen LogP contribution in [0, 0.1) is 0 Å². The molecule has 6 heteroatoms. The van der Waals surface area contributed by atoms with Crippen molar-refractivity contribution in [1.82, 2.24) is 14.3 Å². The molecule has 0 atom stereocenters. The predicted molar refractivity (Wildman–Crippen MR) is 118 cm³/mol. The van der Waals surface area contributed by atoms with Crippen LogP contribution >= 0.6 is 15.9 Å². The van der Waals surface area contributed by atoms with Gasteiger partial charge < -0.3 is 8.98 Å². The summed E-state index contributed by atoms with van der Waals surface area (Å²) in [6.07, 6.45) is 3.64. The fraction of sp³-hybridized carbons (Fsp3) is 0.130. The number of aromatic nitrogens is 3. The number of benzene rings is 2. The Balaban J connectivity index is 1.90. The highest BCUT2D eigenvalue weighted by Crippen LogP contribution is 2.36. The maximum absolute atomic E-state index is 13.5. The van der Waals surface area contributed by atoms with Crippen LogP contribution in [0.2, 0.25) is 0 Å². The summed E-state index contributed by atoms with van der Waals surface area (Å²) in [5.74, 6) is 0.711. The van der Waals surface area contributed by atoms with Crippen molar-refractivity contribution >= 4 is 37.8 Å². The lowest BCUT2D eigenvalue weighted by Gasteiger charge is -2.09. The van der Waals surface area contributed by atoms with Crippen LogP contribution in [0.15, 0.2) is 80.7 Å². The number of fused-ring (bicyclic) bond motifs is 3. The number of para-hydroxylation sites is 1. The molecule has 0 bridgehead atoms. The highest BCUT2D eigenvalue weighted by atomic mass is 79.9. The second-order valence-corrected chi connectivity index (χ2v) is 7.82. The van der Waals surface area contributed by atoms with Gasteiger partial charge in [0.05, 0.1) is 28.1 Å². The van der Waals surface area contributed by atoms with Crippen molar-refractivity contribution in [2.75, 3.05) is 0 Å². The highest BCUT2D eigenvalue weighted by Gasteiger charge is 2.23. The average Bonchev–Trinajstić information content (AvgIpc) is 3.33. The maximum Gasteiger partial charge on any atom is 0.262 e. The highest BCUT2D eigenvalue weighted by molar-refractivity contribution is 9.10. The van der Waals surface area contributed by atoms with E-state index in [9.17, 15) is 4.79 Å². The number of halogens is 1. The molecule has 0 aliphatic heterocycles. The molecule has 0 amide bonds. The van der Waals surface area contributed by atoms with Crippen LogP contribution in [0.5, 0.6) is 0 Å². The Bertz CT molecular complexity index is 1400. The summed E-state index contributed by atoms with van der Waals surface area (Å²) in [5, 5.41) is 5.95. The molecule has 29 heavy (non-hydrogen) atoms. The number of pyridine rings is 1. The van der Waals surface area contributed by atoms with E-state index < -0.39 is 0 Å². The fourth-order valence-corrected chi connectivity index (χ4v) is 4.23. The fourth-order valence-electron chi connectivity index (χ4n) is 3.90. The van der Waals surface area contributed by atoms with E-state index in [1.54, 1.807) is 6.20 Å². The van der Waals surface area contributed by atoms with Gasteiger partial charge in [-0.2, -0.15) is 5.10 Å². The summed E-state index contributed by atoms with van der Waals surface area (Å²) in [6.45, 7) is 3.02. The summed E-state index contributed by atoms with van der Waals surface area (Å²) in [5.41, 5.74) is 3.27. The minimum Gasteiger partial charge on any atom is -0.455 e. The molecule has 5 rings (SSSR count). The van der Waals surface area contributed by atoms with Crippen LogP contribution in [0.4, 0.5) is 0 Å². The summed E-state index contributed by atoms with van der Waals surface area (Å²) in [7, 11) is 0. The van der Waals surface area contributed by atoms with Gasteiger partial charge in [0.25, 0.3) is 5.56 Å². The first-order chi connectivity index (χ1) is 14.2. The Hall–Kier alpha value is -3.12. The van der Waals surface area contributed by atoms with Crippen LogP contribution in [0.25, 0.3) is 33.2 Å². The van der Waals surface area contributed by atoms with Crippen molar-refractivity contribution in [2.24, 2.45) is 0 Å². The molecular formula is C23H18BrN3O2. The van der Waals surface area contributed by atoms with Crippen molar-refractivity contribution in [2.45, 2.75) is 20.0 Å². The molecule has 0 spiro atoms. The Labute approximate surface area is 175 Å². The Morgan fingerprint density at radius 2 is 1.83 bits per heavy atom. The topological polar surface area (TPSA) is 53.0 Å². The van der Waals surface area contributed by atoms with Gasteiger partial charge in [0.2, 0.25) is 0 Å². The molecule has 144 valence electrons. The molecule has 0 saturated carbocycles. The lowest BCUT2D eigenvalue weighted by molar-refractivity contribution is 0.618. The van der Waals surface area contributed by atoms with Crippen LogP contribution in [-0.2, 0) is 13.1 Å². The van der Waals surface area contributed by atoms with Gasteiger partial charge in [0, 0.05) is 29.3 Å². The second-order valence-electron chi connectivity index (χ2n) is 6.90. The zero-order valence-corrected chi connectivity index (χ0v) is 17.4. The first-order valence-electron chi connectivity index (χ1n) is 9.47. The molecule has 0 radical (unpaired) electrons. The molecule has 2 aromatic carbocycles. The third-order valence-electron chi connectivity index (χ3n) is 5.18. The third-order valence-corrected chi connectivity index (χ3v) is 5.59. The van der Waals surface area contributed by atoms with Crippen molar-refractivity contribution in [1.29, 1.82) is 0 Å². The van der Waals surface area contributed by atoms with Crippen LogP contribution < -0.4 is 5.56 Å². The lowest BCUT2D eigenvalue weighted by Crippen LogP contribution is -2.20. The molecule has 0 saturated heterocycles. The molecule has 3 heterocycles. The zero-order valence-electron chi connectivity index (χ0n) is 15.8. The van der Waals surface area contributed by atoms with Crippen LogP contribution in [-0.4, -0.2) is 14.3 Å². The molecule has 0 N–H and O–H groups in total. The van der Waals surface area contributed by atoms with Crippen LogP contribution in [0.1, 0.15) is 12.5 Å². The van der Waals surface area contributed by atoms with Gasteiger partial charge in [-0.05, 0) is 35.0 Å². The van der Waals surface area contributed by atoms with Gasteiger partial charge in [-0.3, -0.25) is 9.48 Å². The number of aryl methyl sites for hydroxylation is 1. The normalized spacial score (nSPS) is 11.5. The Morgan fingerprint density at radius 1 is 1.07 bits per heavy atom. The van der Waals surface area contributed by atoms with E-state index in [2.05, 4.69) is 21.0 Å². The standard InChI is InChI=1S/C23H18BrN3O2/c1-2-27-19-11-7-6-10-17(19)22-20(23(27)28)18(14-26-13-16(24)12-25-26)21(29-22)15-8-4-3-5-9-15/h3-13H,2,14H2,1H3. The lowest BCUT2D eigenvalue weighted by atomic mass is 10.0. The number of hydrogen-bond donors (Lipinski definition) is 0. The van der Waals surface area contributed by atoms with E-state index in [-0.39, 0.29) is 5.56 Å². The van der Waals surface area contributed by atoms with Gasteiger partial charge in [0.1, 0.15) is 11.3 Å². The summed E-state index contributed by atoms with van der Waals surface area (Å²) in [4.78, 5) is 13.5. The maximum atomic E-state index is 13.5. The van der Waals surface area contributed by atoms with Gasteiger partial charge in [-0.25, -0.2) is 0 Å². The zero-order chi connectivity index (χ0) is 20.0.